The van der Waals surface area contributed by atoms with E-state index in [9.17, 15) is 9.59 Å². The van der Waals surface area contributed by atoms with E-state index >= 15 is 0 Å². The second-order valence-corrected chi connectivity index (χ2v) is 5.17. The largest absolute Gasteiger partial charge is 0.480 e. The first-order chi connectivity index (χ1) is 10.1. The van der Waals surface area contributed by atoms with Crippen molar-refractivity contribution in [2.45, 2.75) is 32.3 Å². The van der Waals surface area contributed by atoms with E-state index in [0.717, 1.165) is 19.3 Å². The minimum absolute atomic E-state index is 0.0525. The SMILES string of the molecule is CCCOC1CCCN(C(=O)N(CCOC)CC(=O)O)C1. The maximum absolute atomic E-state index is 12.4. The summed E-state index contributed by atoms with van der Waals surface area (Å²) < 4.78 is 10.6. The van der Waals surface area contributed by atoms with Crippen LogP contribution in [0.2, 0.25) is 0 Å². The van der Waals surface area contributed by atoms with Gasteiger partial charge in [0.25, 0.3) is 0 Å². The number of nitrogens with zero attached hydrogens (tertiary/aromatic N) is 2. The van der Waals surface area contributed by atoms with Gasteiger partial charge in [-0.1, -0.05) is 6.92 Å². The van der Waals surface area contributed by atoms with Crippen LogP contribution in [0.15, 0.2) is 0 Å². The average molecular weight is 302 g/mol. The zero-order valence-electron chi connectivity index (χ0n) is 12.9. The Kier molecular flexibility index (Phi) is 8.07. The number of amides is 2. The van der Waals surface area contributed by atoms with Crippen molar-refractivity contribution in [1.29, 1.82) is 0 Å². The fraction of sp³-hybridized carbons (Fsp3) is 0.857. The molecule has 1 aliphatic rings. The predicted molar refractivity (Wildman–Crippen MR) is 77.3 cm³/mol. The summed E-state index contributed by atoms with van der Waals surface area (Å²) in [5, 5.41) is 8.92. The number of urea groups is 1. The molecule has 1 N–H and O–H groups in total. The van der Waals surface area contributed by atoms with Crippen LogP contribution in [-0.2, 0) is 14.3 Å². The lowest BCUT2D eigenvalue weighted by Crippen LogP contribution is -2.51. The van der Waals surface area contributed by atoms with Gasteiger partial charge in [-0.3, -0.25) is 4.79 Å². The van der Waals surface area contributed by atoms with Gasteiger partial charge in [-0.15, -0.1) is 0 Å². The van der Waals surface area contributed by atoms with E-state index in [2.05, 4.69) is 0 Å². The molecular formula is C14H26N2O5. The molecule has 1 heterocycles. The van der Waals surface area contributed by atoms with E-state index in [1.54, 1.807) is 4.90 Å². The third-order valence-electron chi connectivity index (χ3n) is 3.37. The Labute approximate surface area is 125 Å². The molecular weight excluding hydrogens is 276 g/mol. The van der Waals surface area contributed by atoms with Gasteiger partial charge in [0.15, 0.2) is 0 Å². The van der Waals surface area contributed by atoms with Gasteiger partial charge in [0.05, 0.1) is 12.7 Å². The molecule has 0 saturated carbocycles. The van der Waals surface area contributed by atoms with E-state index in [1.807, 2.05) is 6.92 Å². The maximum atomic E-state index is 12.4. The van der Waals surface area contributed by atoms with Crippen LogP contribution < -0.4 is 0 Å². The molecule has 1 aliphatic heterocycles. The fourth-order valence-corrected chi connectivity index (χ4v) is 2.34. The Morgan fingerprint density at radius 1 is 1.38 bits per heavy atom. The zero-order valence-corrected chi connectivity index (χ0v) is 12.9. The predicted octanol–water partition coefficient (Wildman–Crippen LogP) is 1.03. The minimum atomic E-state index is -1.02. The molecule has 21 heavy (non-hydrogen) atoms. The number of ether oxygens (including phenoxy) is 2. The van der Waals surface area contributed by atoms with Gasteiger partial charge >= 0.3 is 12.0 Å². The van der Waals surface area contributed by atoms with Crippen molar-refractivity contribution in [3.63, 3.8) is 0 Å². The average Bonchev–Trinajstić information content (AvgIpc) is 2.48. The highest BCUT2D eigenvalue weighted by Gasteiger charge is 2.28. The Morgan fingerprint density at radius 3 is 2.76 bits per heavy atom. The molecule has 7 nitrogen and oxygen atoms in total. The number of carboxylic acids is 1. The number of rotatable bonds is 8. The van der Waals surface area contributed by atoms with Crippen LogP contribution in [0.3, 0.4) is 0 Å². The van der Waals surface area contributed by atoms with Gasteiger partial charge in [0.2, 0.25) is 0 Å². The summed E-state index contributed by atoms with van der Waals surface area (Å²) in [4.78, 5) is 26.3. The third kappa shape index (κ3) is 6.31. The normalized spacial score (nSPS) is 18.6. The van der Waals surface area contributed by atoms with Crippen molar-refractivity contribution in [3.8, 4) is 0 Å². The first-order valence-corrected chi connectivity index (χ1v) is 7.44. The molecule has 0 aromatic rings. The quantitative estimate of drug-likeness (QED) is 0.724. The molecule has 122 valence electrons. The van der Waals surface area contributed by atoms with Crippen molar-refractivity contribution in [2.75, 3.05) is 46.5 Å². The van der Waals surface area contributed by atoms with Gasteiger partial charge in [0, 0.05) is 33.4 Å². The molecule has 1 fully saturated rings. The molecule has 0 aromatic carbocycles. The molecule has 2 amide bonds. The summed E-state index contributed by atoms with van der Waals surface area (Å²) in [5.74, 6) is -1.02. The van der Waals surface area contributed by atoms with Crippen LogP contribution in [-0.4, -0.2) is 79.5 Å². The van der Waals surface area contributed by atoms with Gasteiger partial charge in [-0.05, 0) is 19.3 Å². The van der Waals surface area contributed by atoms with Crippen molar-refractivity contribution >= 4 is 12.0 Å². The highest BCUT2D eigenvalue weighted by atomic mass is 16.5. The van der Waals surface area contributed by atoms with Crippen LogP contribution >= 0.6 is 0 Å². The molecule has 0 aromatic heterocycles. The second kappa shape index (κ2) is 9.57. The molecule has 1 unspecified atom stereocenters. The molecule has 0 radical (unpaired) electrons. The Bertz CT molecular complexity index is 337. The summed E-state index contributed by atoms with van der Waals surface area (Å²) in [7, 11) is 1.53. The molecule has 0 aliphatic carbocycles. The van der Waals surface area contributed by atoms with Crippen LogP contribution in [0.25, 0.3) is 0 Å². The lowest BCUT2D eigenvalue weighted by Gasteiger charge is -2.35. The third-order valence-corrected chi connectivity index (χ3v) is 3.37. The minimum Gasteiger partial charge on any atom is -0.480 e. The van der Waals surface area contributed by atoms with Crippen LogP contribution in [0.4, 0.5) is 4.79 Å². The number of piperidine rings is 1. The highest BCUT2D eigenvalue weighted by molar-refractivity contribution is 5.80. The van der Waals surface area contributed by atoms with Gasteiger partial charge in [-0.2, -0.15) is 0 Å². The zero-order chi connectivity index (χ0) is 15.7. The van der Waals surface area contributed by atoms with E-state index in [0.29, 0.717) is 26.3 Å². The number of hydrogen-bond donors (Lipinski definition) is 1. The lowest BCUT2D eigenvalue weighted by atomic mass is 10.1. The molecule has 1 rings (SSSR count). The van der Waals surface area contributed by atoms with Crippen molar-refractivity contribution < 1.29 is 24.2 Å². The first kappa shape index (κ1) is 17.7. The highest BCUT2D eigenvalue weighted by Crippen LogP contribution is 2.15. The lowest BCUT2D eigenvalue weighted by molar-refractivity contribution is -0.137. The molecule has 0 spiro atoms. The van der Waals surface area contributed by atoms with E-state index < -0.39 is 5.97 Å². The number of aliphatic carboxylic acids is 1. The number of carboxylic acid groups (broad SMARTS) is 1. The fourth-order valence-electron chi connectivity index (χ4n) is 2.34. The smallest absolute Gasteiger partial charge is 0.323 e. The Morgan fingerprint density at radius 2 is 2.14 bits per heavy atom. The summed E-state index contributed by atoms with van der Waals surface area (Å²) in [5.41, 5.74) is 0. The first-order valence-electron chi connectivity index (χ1n) is 7.44. The summed E-state index contributed by atoms with van der Waals surface area (Å²) >= 11 is 0. The molecule has 1 atom stereocenters. The van der Waals surface area contributed by atoms with Crippen molar-refractivity contribution in [3.05, 3.63) is 0 Å². The molecule has 0 bridgehead atoms. The van der Waals surface area contributed by atoms with Gasteiger partial charge < -0.3 is 24.4 Å². The van der Waals surface area contributed by atoms with Crippen molar-refractivity contribution in [2.24, 2.45) is 0 Å². The maximum Gasteiger partial charge on any atom is 0.323 e. The number of carbonyl (C=O) groups excluding carboxylic acids is 1. The second-order valence-electron chi connectivity index (χ2n) is 5.17. The van der Waals surface area contributed by atoms with Gasteiger partial charge in [-0.25, -0.2) is 4.79 Å². The summed E-state index contributed by atoms with van der Waals surface area (Å²) in [6.45, 7) is 4.20. The Hall–Kier alpha value is -1.34. The number of carbonyl (C=O) groups is 2. The van der Waals surface area contributed by atoms with E-state index in [-0.39, 0.29) is 25.2 Å². The van der Waals surface area contributed by atoms with E-state index in [4.69, 9.17) is 14.6 Å². The Balaban J connectivity index is 2.57. The van der Waals surface area contributed by atoms with E-state index in [1.165, 1.54) is 12.0 Å². The number of hydrogen-bond acceptors (Lipinski definition) is 4. The van der Waals surface area contributed by atoms with Crippen LogP contribution in [0, 0.1) is 0 Å². The molecule has 7 heteroatoms. The standard InChI is InChI=1S/C14H26N2O5/c1-3-8-21-12-5-4-6-15(10-12)14(19)16(7-9-20-2)11-13(17)18/h12H,3-11H2,1-2H3,(H,17,18). The monoisotopic (exact) mass is 302 g/mol. The topological polar surface area (TPSA) is 79.3 Å². The van der Waals surface area contributed by atoms with Crippen LogP contribution in [0.1, 0.15) is 26.2 Å². The molecule has 1 saturated heterocycles. The van der Waals surface area contributed by atoms with Crippen LogP contribution in [0.5, 0.6) is 0 Å². The number of methoxy groups -OCH3 is 1. The summed E-state index contributed by atoms with van der Waals surface area (Å²) in [6.07, 6.45) is 2.83. The summed E-state index contributed by atoms with van der Waals surface area (Å²) in [6, 6.07) is -0.251. The number of likely N-dealkylation sites (tertiary alicyclic amines) is 1. The van der Waals surface area contributed by atoms with Gasteiger partial charge in [0.1, 0.15) is 6.54 Å². The van der Waals surface area contributed by atoms with Crippen molar-refractivity contribution in [1.82, 2.24) is 9.80 Å².